The average Bonchev–Trinajstić information content (AvgIpc) is 3.14. The van der Waals surface area contributed by atoms with Gasteiger partial charge in [-0.05, 0) is 0 Å². The predicted molar refractivity (Wildman–Crippen MR) is 72.6 cm³/mol. The maximum absolute atomic E-state index is 3.72. The molecule has 97 valence electrons. The average molecular weight is 320 g/mol. The van der Waals surface area contributed by atoms with Crippen LogP contribution in [0.25, 0.3) is 0 Å². The normalized spacial score (nSPS) is 5.76. The second kappa shape index (κ2) is 36.2. The maximum Gasteiger partial charge on any atom is 5.00 e. The fourth-order valence-corrected chi connectivity index (χ4v) is 0.497. The molecule has 2 heterocycles. The minimum atomic E-state index is 0. The van der Waals surface area contributed by atoms with Crippen molar-refractivity contribution < 1.29 is 19.5 Å². The summed E-state index contributed by atoms with van der Waals surface area (Å²) in [5.41, 5.74) is 0. The monoisotopic (exact) mass is 321 g/mol. The molecular formula is C14H23N2Ru. The van der Waals surface area contributed by atoms with Crippen molar-refractivity contribution in [1.82, 2.24) is 9.97 Å². The summed E-state index contributed by atoms with van der Waals surface area (Å²) >= 11 is 0. The van der Waals surface area contributed by atoms with Crippen LogP contribution in [-0.4, -0.2) is 0 Å². The molecule has 0 aliphatic heterocycles. The molecule has 17 heavy (non-hydrogen) atoms. The summed E-state index contributed by atoms with van der Waals surface area (Å²) in [7, 11) is 0. The molecule has 0 bridgehead atoms. The molecule has 2 nitrogen and oxygen atoms in total. The predicted octanol–water partition coefficient (Wildman–Crippen LogP) is 3.81. The minimum absolute atomic E-state index is 0. The van der Waals surface area contributed by atoms with Gasteiger partial charge in [0.05, 0.1) is 0 Å². The summed E-state index contributed by atoms with van der Waals surface area (Å²) in [6.45, 7) is 15.0. The van der Waals surface area contributed by atoms with Crippen molar-refractivity contribution in [3.8, 4) is 0 Å². The van der Waals surface area contributed by atoms with Gasteiger partial charge in [-0.3, -0.25) is 0 Å². The first kappa shape index (κ1) is 25.1. The van der Waals surface area contributed by atoms with Crippen molar-refractivity contribution in [2.75, 3.05) is 0 Å². The van der Waals surface area contributed by atoms with Crippen LogP contribution in [0.2, 0.25) is 0 Å². The first-order valence-electron chi connectivity index (χ1n) is 5.15. The van der Waals surface area contributed by atoms with Crippen molar-refractivity contribution in [2.24, 2.45) is 0 Å². The fraction of sp³-hybridized carbons (Fsp3) is 0.214. The van der Waals surface area contributed by atoms with Gasteiger partial charge in [0.25, 0.3) is 0 Å². The molecule has 0 aromatic carbocycles. The summed E-state index contributed by atoms with van der Waals surface area (Å²) in [5.74, 6) is 0. The largest absolute Gasteiger partial charge is 5.00 e. The Kier molecular flexibility index (Phi) is 53.5. The molecule has 0 unspecified atom stereocenters. The van der Waals surface area contributed by atoms with E-state index < -0.39 is 0 Å². The second-order valence-corrected chi connectivity index (χ2v) is 1.66. The van der Waals surface area contributed by atoms with Gasteiger partial charge < -0.3 is 30.7 Å². The van der Waals surface area contributed by atoms with Gasteiger partial charge in [0.2, 0.25) is 0 Å². The van der Waals surface area contributed by atoms with E-state index >= 15 is 0 Å². The Morgan fingerprint density at radius 2 is 0.706 bits per heavy atom. The van der Waals surface area contributed by atoms with Gasteiger partial charge in [0.15, 0.2) is 0 Å². The molecule has 0 N–H and O–H groups in total. The van der Waals surface area contributed by atoms with E-state index in [-0.39, 0.29) is 19.5 Å². The standard InChI is InChI=1S/2C4H4N.3C2H5.Ru/c2*1-2-4-5-3-1;3*1-2;/h2*1-4H;3*1H2,2H3;/q5*-1;+5. The summed E-state index contributed by atoms with van der Waals surface area (Å²) in [4.78, 5) is 7.44. The number of hydrogen-bond acceptors (Lipinski definition) is 0. The fourth-order valence-electron chi connectivity index (χ4n) is 0.497. The summed E-state index contributed by atoms with van der Waals surface area (Å²) in [5, 5.41) is 0. The van der Waals surface area contributed by atoms with Crippen molar-refractivity contribution in [3.05, 3.63) is 69.8 Å². The minimum Gasteiger partial charge on any atom is -0.670 e. The Balaban J connectivity index is -0.0000000672. The maximum atomic E-state index is 3.72. The molecule has 1 radical (unpaired) electrons. The van der Waals surface area contributed by atoms with Gasteiger partial charge in [-0.15, -0.1) is 0 Å². The number of aromatic nitrogens is 2. The van der Waals surface area contributed by atoms with E-state index in [4.69, 9.17) is 0 Å². The van der Waals surface area contributed by atoms with Gasteiger partial charge >= 0.3 is 19.5 Å². The second-order valence-electron chi connectivity index (χ2n) is 1.66. The third kappa shape index (κ3) is 31.3. The quantitative estimate of drug-likeness (QED) is 0.545. The SMILES string of the molecule is [CH2-]C.[CH2-]C.[CH2-]C.[Ru+5].c1cc[n-]c1.c1cc[n-]c1. The van der Waals surface area contributed by atoms with E-state index in [0.29, 0.717) is 0 Å². The summed E-state index contributed by atoms with van der Waals surface area (Å²) in [6.07, 6.45) is 7.00. The molecule has 0 spiro atoms. The van der Waals surface area contributed by atoms with Crippen LogP contribution in [0.5, 0.6) is 0 Å². The van der Waals surface area contributed by atoms with Crippen LogP contribution in [0.4, 0.5) is 0 Å². The van der Waals surface area contributed by atoms with Gasteiger partial charge in [0, 0.05) is 0 Å². The zero-order chi connectivity index (χ0) is 13.1. The third-order valence-electron chi connectivity index (χ3n) is 0.911. The van der Waals surface area contributed by atoms with Crippen LogP contribution in [-0.2, 0) is 19.5 Å². The van der Waals surface area contributed by atoms with Crippen LogP contribution < -0.4 is 9.97 Å². The summed E-state index contributed by atoms with van der Waals surface area (Å²) in [6, 6.07) is 7.56. The Morgan fingerprint density at radius 3 is 0.765 bits per heavy atom. The van der Waals surface area contributed by atoms with E-state index in [9.17, 15) is 0 Å². The van der Waals surface area contributed by atoms with E-state index in [1.54, 1.807) is 45.6 Å². The molecular weight excluding hydrogens is 297 g/mol. The van der Waals surface area contributed by atoms with Crippen molar-refractivity contribution >= 4 is 0 Å². The smallest absolute Gasteiger partial charge is 0.670 e. The van der Waals surface area contributed by atoms with Crippen molar-refractivity contribution in [1.29, 1.82) is 0 Å². The molecule has 2 rings (SSSR count). The number of hydrogen-bond donors (Lipinski definition) is 0. The zero-order valence-corrected chi connectivity index (χ0v) is 12.7. The molecule has 0 aliphatic carbocycles. The van der Waals surface area contributed by atoms with E-state index in [1.165, 1.54) is 0 Å². The third-order valence-corrected chi connectivity index (χ3v) is 0.911. The molecule has 0 amide bonds. The van der Waals surface area contributed by atoms with Gasteiger partial charge in [-0.2, -0.15) is 45.6 Å². The van der Waals surface area contributed by atoms with Gasteiger partial charge in [-0.25, -0.2) is 0 Å². The van der Waals surface area contributed by atoms with Crippen molar-refractivity contribution in [3.63, 3.8) is 0 Å². The van der Waals surface area contributed by atoms with Gasteiger partial charge in [-0.1, -0.05) is 24.3 Å². The molecule has 3 heteroatoms. The number of nitrogens with zero attached hydrogens (tertiary/aromatic N) is 2. The Hall–Kier alpha value is -0.817. The van der Waals surface area contributed by atoms with E-state index in [2.05, 4.69) is 30.7 Å². The Bertz CT molecular complexity index is 153. The zero-order valence-electron chi connectivity index (χ0n) is 11.0. The first-order chi connectivity index (χ1) is 8.00. The molecule has 0 fully saturated rings. The van der Waals surface area contributed by atoms with Crippen LogP contribution in [0, 0.1) is 20.8 Å². The first-order valence-corrected chi connectivity index (χ1v) is 5.15. The van der Waals surface area contributed by atoms with Crippen LogP contribution in [0.1, 0.15) is 20.8 Å². The van der Waals surface area contributed by atoms with Crippen LogP contribution in [0.15, 0.2) is 49.1 Å². The Labute approximate surface area is 120 Å². The molecule has 0 aliphatic rings. The molecule has 2 aromatic heterocycles. The summed E-state index contributed by atoms with van der Waals surface area (Å²) < 4.78 is 0. The van der Waals surface area contributed by atoms with E-state index in [1.807, 2.05) is 24.3 Å². The van der Waals surface area contributed by atoms with Gasteiger partial charge in [0.1, 0.15) is 0 Å². The molecule has 0 saturated heterocycles. The molecule has 2 aromatic rings. The topological polar surface area (TPSA) is 28.2 Å². The number of rotatable bonds is 0. The Morgan fingerprint density at radius 1 is 0.529 bits per heavy atom. The van der Waals surface area contributed by atoms with Crippen LogP contribution >= 0.6 is 0 Å². The van der Waals surface area contributed by atoms with Crippen molar-refractivity contribution in [2.45, 2.75) is 20.8 Å². The molecule has 0 saturated carbocycles. The van der Waals surface area contributed by atoms with Crippen LogP contribution in [0.3, 0.4) is 0 Å². The van der Waals surface area contributed by atoms with E-state index in [0.717, 1.165) is 0 Å². The molecule has 0 atom stereocenters.